The number of aliphatic carboxylic acids is 1. The Kier molecular flexibility index (Phi) is 6.62. The number of benzene rings is 1. The Bertz CT molecular complexity index is 1880. The predicted molar refractivity (Wildman–Crippen MR) is 163 cm³/mol. The summed E-state index contributed by atoms with van der Waals surface area (Å²) in [6.07, 6.45) is 4.15. The molecular formula is C32H34N6O4S. The number of carbonyl (C=O) groups is 1. The molecule has 11 heteroatoms. The summed E-state index contributed by atoms with van der Waals surface area (Å²) in [6, 6.07) is 9.79. The lowest BCUT2D eigenvalue weighted by molar-refractivity contribution is -0.147. The first-order valence-electron chi connectivity index (χ1n) is 14.6. The number of aromatic nitrogens is 5. The van der Waals surface area contributed by atoms with E-state index in [1.807, 2.05) is 13.0 Å². The Hall–Kier alpha value is -4.09. The Morgan fingerprint density at radius 1 is 1.23 bits per heavy atom. The molecule has 7 rings (SSSR count). The van der Waals surface area contributed by atoms with Crippen LogP contribution in [0, 0.1) is 18.3 Å². The standard InChI is InChI=1S/C32H34N6O4S/c1-17-22(13-33-30-28(17)35-36-37(30)4)27(32(2,3)31(40)41)20-11-19-9-10-43-29(19)21(12-20)14-38-15-23-24(7-8-26(39)34-23)42-25(16-38)18-5-6-18/h7-13,18,25,27H,5-6,14-16H2,1-4H3,(H,34,39)(H,40,41)/t25-,27-/m0/s1. The molecular weight excluding hydrogens is 564 g/mol. The van der Waals surface area contributed by atoms with Gasteiger partial charge < -0.3 is 14.9 Å². The number of carboxylic acid groups (broad SMARTS) is 1. The highest BCUT2D eigenvalue weighted by Crippen LogP contribution is 2.45. The Balaban J connectivity index is 1.33. The average Bonchev–Trinajstić information content (AvgIpc) is 3.62. The van der Waals surface area contributed by atoms with Gasteiger partial charge in [-0.15, -0.1) is 16.4 Å². The molecule has 0 bridgehead atoms. The van der Waals surface area contributed by atoms with E-state index < -0.39 is 17.3 Å². The van der Waals surface area contributed by atoms with Crippen LogP contribution in [0.25, 0.3) is 21.3 Å². The van der Waals surface area contributed by atoms with Crippen LogP contribution in [0.2, 0.25) is 0 Å². The van der Waals surface area contributed by atoms with Crippen LogP contribution < -0.4 is 4.74 Å². The third-order valence-corrected chi connectivity index (χ3v) is 10.0. The van der Waals surface area contributed by atoms with E-state index in [-0.39, 0.29) is 12.0 Å². The fourth-order valence-corrected chi connectivity index (χ4v) is 7.36. The second-order valence-electron chi connectivity index (χ2n) is 12.5. The van der Waals surface area contributed by atoms with Gasteiger partial charge >= 0.3 is 5.97 Å². The number of rotatable bonds is 7. The van der Waals surface area contributed by atoms with Crippen LogP contribution in [0.1, 0.15) is 60.6 Å². The van der Waals surface area contributed by atoms with E-state index in [1.54, 1.807) is 49.2 Å². The van der Waals surface area contributed by atoms with Crippen molar-refractivity contribution in [2.75, 3.05) is 6.54 Å². The van der Waals surface area contributed by atoms with Gasteiger partial charge in [-0.25, -0.2) is 14.6 Å². The third-order valence-electron chi connectivity index (χ3n) is 9.03. The van der Waals surface area contributed by atoms with Crippen LogP contribution >= 0.6 is 11.3 Å². The van der Waals surface area contributed by atoms with Gasteiger partial charge in [-0.05, 0) is 90.7 Å². The first kappa shape index (κ1) is 27.7. The number of pyridine rings is 2. The molecule has 0 unspecified atom stereocenters. The summed E-state index contributed by atoms with van der Waals surface area (Å²) in [5, 5.41) is 32.3. The summed E-state index contributed by atoms with van der Waals surface area (Å²) in [6.45, 7) is 7.45. The zero-order valence-electron chi connectivity index (χ0n) is 24.6. The lowest BCUT2D eigenvalue weighted by Crippen LogP contribution is -2.34. The van der Waals surface area contributed by atoms with Crippen molar-refractivity contribution in [1.29, 1.82) is 0 Å². The molecule has 0 saturated heterocycles. The minimum atomic E-state index is -1.14. The number of hydrogen-bond donors (Lipinski definition) is 2. The fraction of sp³-hybridized carbons (Fsp3) is 0.406. The maximum atomic E-state index is 12.8. The van der Waals surface area contributed by atoms with Crippen molar-refractivity contribution in [3.8, 4) is 11.6 Å². The quantitative estimate of drug-likeness (QED) is 0.253. The number of aromatic hydroxyl groups is 1. The second kappa shape index (κ2) is 10.3. The number of hydrogen-bond acceptors (Lipinski definition) is 9. The molecule has 2 aliphatic rings. The van der Waals surface area contributed by atoms with Crippen molar-refractivity contribution in [1.82, 2.24) is 29.9 Å². The molecule has 1 aliphatic heterocycles. The van der Waals surface area contributed by atoms with Gasteiger partial charge in [-0.2, -0.15) is 0 Å². The molecule has 1 aromatic carbocycles. The largest absolute Gasteiger partial charge is 0.493 e. The molecule has 1 fully saturated rings. The van der Waals surface area contributed by atoms with Gasteiger partial charge in [0.2, 0.25) is 5.88 Å². The van der Waals surface area contributed by atoms with Crippen LogP contribution in [-0.2, 0) is 24.9 Å². The first-order valence-corrected chi connectivity index (χ1v) is 15.4. The van der Waals surface area contributed by atoms with Gasteiger partial charge in [-0.1, -0.05) is 11.3 Å². The lowest BCUT2D eigenvalue weighted by atomic mass is 9.70. The number of aryl methyl sites for hydroxylation is 2. The summed E-state index contributed by atoms with van der Waals surface area (Å²) >= 11 is 1.69. The van der Waals surface area contributed by atoms with E-state index >= 15 is 0 Å². The zero-order chi connectivity index (χ0) is 30.0. The third kappa shape index (κ3) is 4.90. The molecule has 1 aliphatic carbocycles. The number of thiophene rings is 1. The van der Waals surface area contributed by atoms with Crippen molar-refractivity contribution in [2.24, 2.45) is 18.4 Å². The van der Waals surface area contributed by atoms with Gasteiger partial charge in [0, 0.05) is 49.6 Å². The van der Waals surface area contributed by atoms with E-state index in [2.05, 4.69) is 48.8 Å². The van der Waals surface area contributed by atoms with Crippen molar-refractivity contribution in [3.05, 3.63) is 69.9 Å². The molecule has 1 saturated carbocycles. The fourth-order valence-electron chi connectivity index (χ4n) is 6.47. The summed E-state index contributed by atoms with van der Waals surface area (Å²) in [5.41, 5.74) is 4.67. The van der Waals surface area contributed by atoms with Gasteiger partial charge in [0.25, 0.3) is 0 Å². The van der Waals surface area contributed by atoms with E-state index in [1.165, 1.54) is 4.70 Å². The van der Waals surface area contributed by atoms with Crippen molar-refractivity contribution in [2.45, 2.75) is 58.7 Å². The van der Waals surface area contributed by atoms with Crippen molar-refractivity contribution < 1.29 is 19.7 Å². The summed E-state index contributed by atoms with van der Waals surface area (Å²) in [5.74, 6) is -0.140. The van der Waals surface area contributed by atoms with E-state index in [0.29, 0.717) is 30.2 Å². The number of ether oxygens (including phenoxy) is 1. The molecule has 43 heavy (non-hydrogen) atoms. The van der Waals surface area contributed by atoms with Crippen LogP contribution in [0.15, 0.2) is 41.9 Å². The van der Waals surface area contributed by atoms with Crippen LogP contribution in [0.4, 0.5) is 0 Å². The normalized spacial score (nSPS) is 18.4. The maximum absolute atomic E-state index is 12.8. The van der Waals surface area contributed by atoms with Crippen LogP contribution in [0.5, 0.6) is 11.6 Å². The molecule has 2 N–H and O–H groups in total. The molecule has 0 spiro atoms. The number of carboxylic acids is 1. The highest BCUT2D eigenvalue weighted by atomic mass is 32.1. The smallest absolute Gasteiger partial charge is 0.310 e. The molecule has 5 heterocycles. The minimum absolute atomic E-state index is 0.0161. The topological polar surface area (TPSA) is 126 Å². The minimum Gasteiger partial charge on any atom is -0.493 e. The molecule has 4 aromatic heterocycles. The van der Waals surface area contributed by atoms with Crippen LogP contribution in [-0.4, -0.2) is 58.7 Å². The molecule has 0 amide bonds. The number of fused-ring (bicyclic) bond motifs is 3. The van der Waals surface area contributed by atoms with E-state index in [0.717, 1.165) is 58.5 Å². The molecule has 0 radical (unpaired) electrons. The van der Waals surface area contributed by atoms with Crippen molar-refractivity contribution >= 4 is 38.6 Å². The highest BCUT2D eigenvalue weighted by molar-refractivity contribution is 7.17. The van der Waals surface area contributed by atoms with Gasteiger partial charge in [0.1, 0.15) is 23.1 Å². The molecule has 222 valence electrons. The van der Waals surface area contributed by atoms with E-state index in [9.17, 15) is 15.0 Å². The van der Waals surface area contributed by atoms with E-state index in [4.69, 9.17) is 4.74 Å². The van der Waals surface area contributed by atoms with Gasteiger partial charge in [0.15, 0.2) is 5.65 Å². The van der Waals surface area contributed by atoms with Gasteiger partial charge in [0.05, 0.1) is 5.41 Å². The summed E-state index contributed by atoms with van der Waals surface area (Å²) < 4.78 is 9.22. The predicted octanol–water partition coefficient (Wildman–Crippen LogP) is 5.40. The van der Waals surface area contributed by atoms with Crippen molar-refractivity contribution in [3.63, 3.8) is 0 Å². The lowest BCUT2D eigenvalue weighted by Gasteiger charge is -2.33. The average molecular weight is 599 g/mol. The maximum Gasteiger partial charge on any atom is 0.310 e. The number of nitrogens with zero attached hydrogens (tertiary/aromatic N) is 6. The molecule has 5 aromatic rings. The van der Waals surface area contributed by atoms with Crippen LogP contribution in [0.3, 0.4) is 0 Å². The summed E-state index contributed by atoms with van der Waals surface area (Å²) in [7, 11) is 1.80. The zero-order valence-corrected chi connectivity index (χ0v) is 25.4. The Morgan fingerprint density at radius 3 is 2.81 bits per heavy atom. The Labute approximate surface area is 253 Å². The SMILES string of the molecule is Cc1c([C@H](c2cc(CN3Cc4nc(O)ccc4O[C@H](C4CC4)C3)c3sccc3c2)C(C)(C)C(=O)O)cnc2c1nnn2C. The highest BCUT2D eigenvalue weighted by Gasteiger charge is 2.41. The summed E-state index contributed by atoms with van der Waals surface area (Å²) in [4.78, 5) is 24.2. The molecule has 10 nitrogen and oxygen atoms in total. The molecule has 2 atom stereocenters. The Morgan fingerprint density at radius 2 is 2.05 bits per heavy atom. The second-order valence-corrected chi connectivity index (χ2v) is 13.4. The van der Waals surface area contributed by atoms with Gasteiger partial charge in [-0.3, -0.25) is 9.69 Å². The monoisotopic (exact) mass is 598 g/mol. The first-order chi connectivity index (χ1) is 20.6.